The van der Waals surface area contributed by atoms with Crippen LogP contribution in [-0.4, -0.2) is 46.2 Å². The van der Waals surface area contributed by atoms with Crippen LogP contribution >= 0.6 is 11.6 Å². The molecule has 0 aliphatic carbocycles. The molecule has 39 heavy (non-hydrogen) atoms. The quantitative estimate of drug-likeness (QED) is 0.235. The van der Waals surface area contributed by atoms with Gasteiger partial charge in [0.05, 0.1) is 11.4 Å². The predicted octanol–water partition coefficient (Wildman–Crippen LogP) is 6.46. The average Bonchev–Trinajstić information content (AvgIpc) is 3.34. The molecule has 0 aliphatic rings. The molecule has 0 radical (unpaired) electrons. The summed E-state index contributed by atoms with van der Waals surface area (Å²) in [6.07, 6.45) is 1.67. The van der Waals surface area contributed by atoms with Crippen LogP contribution in [0.3, 0.4) is 0 Å². The number of hydrogen-bond acceptors (Lipinski definition) is 4. The summed E-state index contributed by atoms with van der Waals surface area (Å²) in [7, 11) is 0. The molecule has 0 bridgehead atoms. The molecular formula is C31H33ClN4O3. The van der Waals surface area contributed by atoms with Gasteiger partial charge >= 0.3 is 0 Å². The molecule has 4 rings (SSSR count). The summed E-state index contributed by atoms with van der Waals surface area (Å²) < 4.78 is 7.39. The number of ether oxygens (including phenoxy) is 1. The number of nitrogens with one attached hydrogen (secondary N) is 1. The van der Waals surface area contributed by atoms with Crippen molar-refractivity contribution in [3.63, 3.8) is 0 Å². The Morgan fingerprint density at radius 1 is 1.00 bits per heavy atom. The molecule has 0 saturated heterocycles. The first kappa shape index (κ1) is 27.9. The molecule has 0 aliphatic heterocycles. The Bertz CT molecular complexity index is 1420. The van der Waals surface area contributed by atoms with Gasteiger partial charge in [0.15, 0.2) is 6.61 Å². The maximum atomic E-state index is 13.3. The average molecular weight is 545 g/mol. The fourth-order valence-electron chi connectivity index (χ4n) is 4.21. The summed E-state index contributed by atoms with van der Waals surface area (Å²) in [4.78, 5) is 27.8. The molecular weight excluding hydrogens is 512 g/mol. The number of hydrogen-bond donors (Lipinski definition) is 1. The molecule has 1 N–H and O–H groups in total. The van der Waals surface area contributed by atoms with Gasteiger partial charge in [-0.2, -0.15) is 5.10 Å². The number of aryl methyl sites for hydroxylation is 2. The zero-order valence-corrected chi connectivity index (χ0v) is 23.2. The Labute approximate surface area is 234 Å². The van der Waals surface area contributed by atoms with E-state index in [1.807, 2.05) is 69.3 Å². The first-order valence-electron chi connectivity index (χ1n) is 13.0. The van der Waals surface area contributed by atoms with Crippen LogP contribution in [0.1, 0.15) is 30.9 Å². The van der Waals surface area contributed by atoms with E-state index in [4.69, 9.17) is 21.4 Å². The Kier molecular flexibility index (Phi) is 9.39. The highest BCUT2D eigenvalue weighted by molar-refractivity contribution is 6.30. The molecule has 3 aromatic carbocycles. The lowest BCUT2D eigenvalue weighted by Gasteiger charge is -2.22. The number of nitrogens with zero attached hydrogens (tertiary/aromatic N) is 3. The van der Waals surface area contributed by atoms with E-state index in [-0.39, 0.29) is 25.0 Å². The molecule has 0 saturated carbocycles. The second-order valence-corrected chi connectivity index (χ2v) is 9.88. The zero-order chi connectivity index (χ0) is 27.8. The number of benzene rings is 3. The van der Waals surface area contributed by atoms with Gasteiger partial charge in [0, 0.05) is 23.2 Å². The fraction of sp³-hybridized carbons (Fsp3) is 0.258. The predicted molar refractivity (Wildman–Crippen MR) is 156 cm³/mol. The lowest BCUT2D eigenvalue weighted by Crippen LogP contribution is -2.41. The molecule has 0 atom stereocenters. The number of carbonyl (C=O) groups excluding carboxylic acids is 2. The smallest absolute Gasteiger partial charge is 0.260 e. The number of anilines is 1. The normalized spacial score (nSPS) is 10.8. The molecule has 0 unspecified atom stereocenters. The van der Waals surface area contributed by atoms with Crippen molar-refractivity contribution in [3.8, 4) is 22.7 Å². The van der Waals surface area contributed by atoms with Crippen LogP contribution in [0.2, 0.25) is 5.02 Å². The van der Waals surface area contributed by atoms with Crippen molar-refractivity contribution in [2.75, 3.05) is 25.0 Å². The van der Waals surface area contributed by atoms with E-state index in [1.165, 1.54) is 4.90 Å². The number of unbranched alkanes of at least 4 members (excludes halogenated alkanes) is 1. The summed E-state index contributed by atoms with van der Waals surface area (Å²) in [5.74, 6) is 0.502. The number of rotatable bonds is 11. The van der Waals surface area contributed by atoms with Crippen LogP contribution in [0.4, 0.5) is 5.82 Å². The van der Waals surface area contributed by atoms with Crippen molar-refractivity contribution >= 4 is 29.2 Å². The number of carbonyl (C=O) groups is 2. The number of halogens is 1. The first-order valence-corrected chi connectivity index (χ1v) is 13.4. The highest BCUT2D eigenvalue weighted by atomic mass is 35.5. The maximum absolute atomic E-state index is 13.3. The van der Waals surface area contributed by atoms with Crippen molar-refractivity contribution in [3.05, 3.63) is 95.0 Å². The zero-order valence-electron chi connectivity index (χ0n) is 22.5. The summed E-state index contributed by atoms with van der Waals surface area (Å²) in [6, 6.07) is 24.6. The highest BCUT2D eigenvalue weighted by Crippen LogP contribution is 2.26. The molecule has 8 heteroatoms. The third-order valence-electron chi connectivity index (χ3n) is 6.27. The summed E-state index contributed by atoms with van der Waals surface area (Å²) in [6.45, 7) is 6.29. The Morgan fingerprint density at radius 3 is 2.44 bits per heavy atom. The third-order valence-corrected chi connectivity index (χ3v) is 6.52. The second-order valence-electron chi connectivity index (χ2n) is 9.44. The van der Waals surface area contributed by atoms with Gasteiger partial charge in [-0.15, -0.1) is 0 Å². The van der Waals surface area contributed by atoms with Crippen molar-refractivity contribution in [1.82, 2.24) is 14.7 Å². The molecule has 2 amide bonds. The number of aromatic nitrogens is 2. The van der Waals surface area contributed by atoms with Gasteiger partial charge in [-0.1, -0.05) is 73.0 Å². The van der Waals surface area contributed by atoms with Gasteiger partial charge in [-0.05, 0) is 56.2 Å². The minimum Gasteiger partial charge on any atom is -0.484 e. The molecule has 0 fully saturated rings. The van der Waals surface area contributed by atoms with Crippen molar-refractivity contribution in [2.45, 2.75) is 33.6 Å². The molecule has 7 nitrogen and oxygen atoms in total. The van der Waals surface area contributed by atoms with E-state index in [0.717, 1.165) is 40.9 Å². The van der Waals surface area contributed by atoms with Crippen LogP contribution in [0.25, 0.3) is 16.9 Å². The molecule has 4 aromatic rings. The van der Waals surface area contributed by atoms with Gasteiger partial charge in [-0.3, -0.25) is 9.59 Å². The Balaban J connectivity index is 1.53. The van der Waals surface area contributed by atoms with Gasteiger partial charge in [-0.25, -0.2) is 4.68 Å². The molecule has 202 valence electrons. The lowest BCUT2D eigenvalue weighted by molar-refractivity contribution is -0.136. The van der Waals surface area contributed by atoms with E-state index in [1.54, 1.807) is 28.9 Å². The minimum atomic E-state index is -0.309. The van der Waals surface area contributed by atoms with Crippen LogP contribution in [-0.2, 0) is 9.59 Å². The SMILES string of the molecule is CCCCN(CC(=O)Nc1cc(-c2ccccc2)nn1-c1ccc(C)cc1C)C(=O)COc1ccc(Cl)cc1. The van der Waals surface area contributed by atoms with E-state index >= 15 is 0 Å². The van der Waals surface area contributed by atoms with Crippen molar-refractivity contribution in [2.24, 2.45) is 0 Å². The van der Waals surface area contributed by atoms with Crippen LogP contribution in [0, 0.1) is 13.8 Å². The van der Waals surface area contributed by atoms with Gasteiger partial charge in [0.2, 0.25) is 5.91 Å². The lowest BCUT2D eigenvalue weighted by atomic mass is 10.1. The monoisotopic (exact) mass is 544 g/mol. The number of amides is 2. The standard InChI is InChI=1S/C31H33ClN4O3/c1-4-5-17-35(31(38)21-39-26-14-12-25(32)13-15-26)20-30(37)33-29-19-27(24-9-7-6-8-10-24)34-36(29)28-16-11-22(2)18-23(28)3/h6-16,18-19H,4-5,17,20-21H2,1-3H3,(H,33,37). The Hall–Kier alpha value is -4.10. The summed E-state index contributed by atoms with van der Waals surface area (Å²) in [5.41, 5.74) is 4.72. The van der Waals surface area contributed by atoms with E-state index in [9.17, 15) is 9.59 Å². The van der Waals surface area contributed by atoms with Gasteiger partial charge in [0.25, 0.3) is 5.91 Å². The van der Waals surface area contributed by atoms with Crippen molar-refractivity contribution < 1.29 is 14.3 Å². The topological polar surface area (TPSA) is 76.5 Å². The minimum absolute atomic E-state index is 0.0957. The van der Waals surface area contributed by atoms with Gasteiger partial charge < -0.3 is 15.0 Å². The van der Waals surface area contributed by atoms with E-state index in [2.05, 4.69) is 11.4 Å². The van der Waals surface area contributed by atoms with Crippen LogP contribution in [0.5, 0.6) is 5.75 Å². The molecule has 0 spiro atoms. The maximum Gasteiger partial charge on any atom is 0.260 e. The van der Waals surface area contributed by atoms with Gasteiger partial charge in [0.1, 0.15) is 18.1 Å². The highest BCUT2D eigenvalue weighted by Gasteiger charge is 2.20. The fourth-order valence-corrected chi connectivity index (χ4v) is 4.34. The molecule has 1 aromatic heterocycles. The third kappa shape index (κ3) is 7.48. The second kappa shape index (κ2) is 13.1. The largest absolute Gasteiger partial charge is 0.484 e. The molecule has 1 heterocycles. The van der Waals surface area contributed by atoms with E-state index in [0.29, 0.717) is 23.1 Å². The van der Waals surface area contributed by atoms with Crippen LogP contribution < -0.4 is 10.1 Å². The van der Waals surface area contributed by atoms with Crippen LogP contribution in [0.15, 0.2) is 78.9 Å². The summed E-state index contributed by atoms with van der Waals surface area (Å²) >= 11 is 5.93. The van der Waals surface area contributed by atoms with E-state index < -0.39 is 0 Å². The van der Waals surface area contributed by atoms with Crippen molar-refractivity contribution in [1.29, 1.82) is 0 Å². The summed E-state index contributed by atoms with van der Waals surface area (Å²) in [5, 5.41) is 8.40. The first-order chi connectivity index (χ1) is 18.8. The Morgan fingerprint density at radius 2 is 1.74 bits per heavy atom.